The number of likely N-dealkylation sites (tertiary alicyclic amines) is 1. The third-order valence-electron chi connectivity index (χ3n) is 15.9. The number of pyridine rings is 2. The Hall–Kier alpha value is -10.8. The quantitative estimate of drug-likeness (QED) is 0.0678. The molecule has 0 bridgehead atoms. The van der Waals surface area contributed by atoms with E-state index >= 15 is 8.78 Å². The highest BCUT2D eigenvalue weighted by Gasteiger charge is 2.38. The van der Waals surface area contributed by atoms with Crippen LogP contribution in [0, 0.1) is 51.3 Å². The summed E-state index contributed by atoms with van der Waals surface area (Å²) in [6.07, 6.45) is 2.15. The van der Waals surface area contributed by atoms with Crippen molar-refractivity contribution in [1.29, 1.82) is 10.5 Å². The monoisotopic (exact) mass is 1210 g/mol. The number of nitriles is 2. The fourth-order valence-corrected chi connectivity index (χ4v) is 10.7. The average Bonchev–Trinajstić information content (AvgIpc) is 1.64. The van der Waals surface area contributed by atoms with Gasteiger partial charge in [-0.2, -0.15) is 10.5 Å². The molecule has 2 aliphatic rings. The molecule has 0 aliphatic carbocycles. The van der Waals surface area contributed by atoms with E-state index in [0.29, 0.717) is 87.0 Å². The summed E-state index contributed by atoms with van der Waals surface area (Å²) in [6.45, 7) is 8.05. The number of halogens is 4. The molecule has 6 heterocycles. The van der Waals surface area contributed by atoms with Gasteiger partial charge in [-0.15, -0.1) is 0 Å². The number of nitrogens with one attached hydrogen (secondary N) is 1. The van der Waals surface area contributed by atoms with Crippen molar-refractivity contribution in [2.45, 2.75) is 84.8 Å². The van der Waals surface area contributed by atoms with Gasteiger partial charge in [-0.1, -0.05) is 69.3 Å². The molecule has 0 saturated carbocycles. The smallest absolute Gasteiger partial charge is 0.335 e. The van der Waals surface area contributed by atoms with Crippen molar-refractivity contribution < 1.29 is 51.6 Å². The first-order chi connectivity index (χ1) is 43.3. The molecule has 90 heavy (non-hydrogen) atoms. The normalized spacial score (nSPS) is 14.4. The van der Waals surface area contributed by atoms with E-state index in [2.05, 4.69) is 15.3 Å². The van der Waals surface area contributed by atoms with Gasteiger partial charge in [-0.05, 0) is 115 Å². The van der Waals surface area contributed by atoms with Crippen molar-refractivity contribution >= 4 is 39.9 Å². The number of benzene rings is 6. The van der Waals surface area contributed by atoms with Crippen molar-refractivity contribution in [2.24, 2.45) is 5.41 Å². The number of imidazole rings is 2. The minimum Gasteiger partial charge on any atom is -0.478 e. The molecular weight excluding hydrogens is 1160 g/mol. The van der Waals surface area contributed by atoms with Gasteiger partial charge in [0, 0.05) is 78.3 Å². The lowest BCUT2D eigenvalue weighted by Gasteiger charge is -2.44. The van der Waals surface area contributed by atoms with E-state index in [4.69, 9.17) is 30.0 Å². The zero-order valence-electron chi connectivity index (χ0n) is 49.1. The fourth-order valence-electron chi connectivity index (χ4n) is 10.7. The molecule has 6 aromatic carbocycles. The maximum absolute atomic E-state index is 15.7. The van der Waals surface area contributed by atoms with E-state index in [9.17, 15) is 33.4 Å². The van der Waals surface area contributed by atoms with Crippen LogP contribution in [-0.4, -0.2) is 87.2 Å². The number of aromatic carboxylic acids is 2. The van der Waals surface area contributed by atoms with Gasteiger partial charge in [0.1, 0.15) is 48.1 Å². The van der Waals surface area contributed by atoms with E-state index < -0.39 is 40.6 Å². The number of amides is 1. The van der Waals surface area contributed by atoms with E-state index in [1.165, 1.54) is 48.5 Å². The summed E-state index contributed by atoms with van der Waals surface area (Å²) in [5.74, 6) is -2.35. The Morgan fingerprint density at radius 3 is 1.42 bits per heavy atom. The molecule has 3 N–H and O–H groups in total. The summed E-state index contributed by atoms with van der Waals surface area (Å²) in [6, 6.07) is 41.6. The highest BCUT2D eigenvalue weighted by atomic mass is 19.1. The Morgan fingerprint density at radius 2 is 1.03 bits per heavy atom. The molecule has 2 aliphatic heterocycles. The molecule has 2 saturated heterocycles. The number of carbonyl (C=O) groups excluding carboxylic acids is 1. The topological polar surface area (TPSA) is 234 Å². The lowest BCUT2D eigenvalue weighted by molar-refractivity contribution is -0.148. The molecule has 17 nitrogen and oxygen atoms in total. The second-order valence-corrected chi connectivity index (χ2v) is 23.0. The zero-order valence-corrected chi connectivity index (χ0v) is 49.1. The number of ether oxygens (including phenoxy) is 2. The van der Waals surface area contributed by atoms with Crippen LogP contribution in [0.1, 0.15) is 99.4 Å². The fraction of sp³-hybridized carbons (Fsp3) is 0.232. The third kappa shape index (κ3) is 13.5. The molecule has 12 rings (SSSR count). The number of aromatic nitrogens is 6. The van der Waals surface area contributed by atoms with E-state index in [0.717, 1.165) is 31.5 Å². The van der Waals surface area contributed by atoms with Crippen molar-refractivity contribution in [1.82, 2.24) is 39.3 Å². The van der Waals surface area contributed by atoms with Gasteiger partial charge in [0.2, 0.25) is 17.7 Å². The summed E-state index contributed by atoms with van der Waals surface area (Å²) < 4.78 is 74.9. The summed E-state index contributed by atoms with van der Waals surface area (Å²) in [7, 11) is 0. The Morgan fingerprint density at radius 1 is 0.578 bits per heavy atom. The summed E-state index contributed by atoms with van der Waals surface area (Å²) >= 11 is 0. The number of rotatable bonds is 18. The lowest BCUT2D eigenvalue weighted by atomic mass is 9.90. The van der Waals surface area contributed by atoms with Crippen LogP contribution >= 0.6 is 0 Å². The molecule has 0 unspecified atom stereocenters. The zero-order chi connectivity index (χ0) is 63.4. The number of nitrogens with zero attached hydrogens (tertiary/aromatic N) is 9. The number of fused-ring (bicyclic) bond motifs is 2. The summed E-state index contributed by atoms with van der Waals surface area (Å²) in [4.78, 5) is 56.6. The van der Waals surface area contributed by atoms with Crippen LogP contribution in [0.3, 0.4) is 0 Å². The SMILES string of the molecule is CC(C)(C)C(=O)N1CC[C@@H]1Cn1c(Cc2ccc(-c3cccc(OCc4ccc(C#N)cc4F)n3)cc2F)nc2ccc(C(=O)O)cc21.N#Cc1ccc(COc2cccc(-c3ccc(Cc4nc5ccc(C(=O)O)cc5n4C[C@H]4CCN4)c(F)c3)n2)c(F)c1. The molecule has 21 heteroatoms. The molecule has 2 fully saturated rings. The van der Waals surface area contributed by atoms with Crippen LogP contribution in [0.2, 0.25) is 0 Å². The maximum atomic E-state index is 15.7. The minimum atomic E-state index is -1.06. The Kier molecular flexibility index (Phi) is 17.5. The highest BCUT2D eigenvalue weighted by Crippen LogP contribution is 2.32. The highest BCUT2D eigenvalue weighted by molar-refractivity contribution is 5.93. The third-order valence-corrected chi connectivity index (χ3v) is 15.9. The van der Waals surface area contributed by atoms with Crippen LogP contribution in [0.15, 0.2) is 146 Å². The van der Waals surface area contributed by atoms with Crippen LogP contribution < -0.4 is 14.8 Å². The number of carbonyl (C=O) groups is 3. The Labute approximate surface area is 514 Å². The number of carboxylic acid groups (broad SMARTS) is 2. The van der Waals surface area contributed by atoms with E-state index in [-0.39, 0.29) is 89.2 Å². The van der Waals surface area contributed by atoms with Gasteiger partial charge < -0.3 is 39.0 Å². The predicted octanol–water partition coefficient (Wildman–Crippen LogP) is 12.2. The minimum absolute atomic E-state index is 0.0436. The second-order valence-electron chi connectivity index (χ2n) is 23.0. The molecule has 454 valence electrons. The molecule has 10 aromatic rings. The Balaban J connectivity index is 0.000000187. The van der Waals surface area contributed by atoms with Crippen molar-refractivity contribution in [3.8, 4) is 46.4 Å². The molecule has 0 spiro atoms. The molecule has 1 amide bonds. The molecular formula is C69H58F4N10O7. The van der Waals surface area contributed by atoms with Gasteiger partial charge in [0.15, 0.2) is 0 Å². The number of hydrogen-bond acceptors (Lipinski definition) is 12. The van der Waals surface area contributed by atoms with Crippen molar-refractivity contribution in [2.75, 3.05) is 13.1 Å². The van der Waals surface area contributed by atoms with Gasteiger partial charge in [0.25, 0.3) is 0 Å². The van der Waals surface area contributed by atoms with Crippen LogP contribution in [-0.2, 0) is 43.9 Å². The van der Waals surface area contributed by atoms with Crippen molar-refractivity contribution in [3.05, 3.63) is 225 Å². The van der Waals surface area contributed by atoms with Crippen molar-refractivity contribution in [3.63, 3.8) is 0 Å². The number of carboxylic acids is 2. The standard InChI is InChI=1S/C37H33F2N5O4.C32H25F2N5O3/c1-37(2,3)36(47)43-14-13-27(43)20-44-32-17-25(35(45)46)11-12-31(32)41-33(44)18-23-9-10-24(16-29(23)39)30-5-4-6-34(42-30)48-21-26-8-7-22(19-40)15-28(26)38;33-25-12-19(16-35)4-5-23(25)18-42-31-3-1-2-27(38-31)21-7-6-20(26(34)13-21)15-30-37-28-9-8-22(32(40)41)14-29(28)39(30)17-24-10-11-36-24/h4-12,15-17,27H,13-14,18,20-21H2,1-3H3,(H,45,46);1-9,12-14,24,36H,10-11,15,17-18H2,(H,40,41)/t27-;24-/m11/s1. The van der Waals surface area contributed by atoms with Gasteiger partial charge in [-0.25, -0.2) is 47.1 Å². The van der Waals surface area contributed by atoms with E-state index in [1.54, 1.807) is 84.9 Å². The molecule has 0 radical (unpaired) electrons. The maximum Gasteiger partial charge on any atom is 0.335 e. The van der Waals surface area contributed by atoms with Gasteiger partial charge in [-0.3, -0.25) is 4.79 Å². The first-order valence-electron chi connectivity index (χ1n) is 28.9. The number of hydrogen-bond donors (Lipinski definition) is 3. The molecule has 2 atom stereocenters. The van der Waals surface area contributed by atoms with Crippen LogP contribution in [0.5, 0.6) is 11.8 Å². The van der Waals surface area contributed by atoms with Crippen LogP contribution in [0.25, 0.3) is 44.6 Å². The van der Waals surface area contributed by atoms with E-state index in [1.807, 2.05) is 46.9 Å². The van der Waals surface area contributed by atoms with Crippen LogP contribution in [0.4, 0.5) is 17.6 Å². The largest absolute Gasteiger partial charge is 0.478 e. The summed E-state index contributed by atoms with van der Waals surface area (Å²) in [5.41, 5.74) is 6.14. The average molecular weight is 1220 g/mol. The first kappa shape index (κ1) is 60.9. The second kappa shape index (κ2) is 25.9. The van der Waals surface area contributed by atoms with Gasteiger partial charge in [0.05, 0.1) is 73.9 Å². The predicted molar refractivity (Wildman–Crippen MR) is 325 cm³/mol. The van der Waals surface area contributed by atoms with Gasteiger partial charge >= 0.3 is 11.9 Å². The Bertz CT molecular complexity index is 4520. The first-order valence-corrected chi connectivity index (χ1v) is 28.9. The molecule has 4 aromatic heterocycles. The lowest BCUT2D eigenvalue weighted by Crippen LogP contribution is -2.56. The summed E-state index contributed by atoms with van der Waals surface area (Å²) in [5, 5.41) is 40.3.